The number of carbonyl (C=O) groups excluding carboxylic acids is 1. The third-order valence-corrected chi connectivity index (χ3v) is 6.71. The van der Waals surface area contributed by atoms with Crippen molar-refractivity contribution < 1.29 is 17.9 Å². The van der Waals surface area contributed by atoms with Crippen LogP contribution in [0.3, 0.4) is 0 Å². The van der Waals surface area contributed by atoms with Gasteiger partial charge in [0, 0.05) is 18.7 Å². The lowest BCUT2D eigenvalue weighted by atomic mass is 10.1. The molecule has 0 radical (unpaired) electrons. The standard InChI is InChI=1S/C20H21N5O4S/c26-20(13-29-19-8-4-7-17(11-19)25-15-21-22-23-25)24(12-16-5-2-1-3-6-16)18-9-10-30(27,28)14-18/h1-8,11,15,18H,9-10,12-14H2/t18-/m0/s1. The molecule has 2 heterocycles. The molecule has 2 aromatic carbocycles. The SMILES string of the molecule is O=C(COc1cccc(-n2cnnn2)c1)N(Cc1ccccc1)[C@H]1CCS(=O)(=O)C1. The number of amides is 1. The summed E-state index contributed by atoms with van der Waals surface area (Å²) in [6, 6.07) is 16.2. The number of aromatic nitrogens is 4. The zero-order valence-electron chi connectivity index (χ0n) is 16.2. The summed E-state index contributed by atoms with van der Waals surface area (Å²) in [6.45, 7) is 0.149. The predicted molar refractivity (Wildman–Crippen MR) is 109 cm³/mol. The summed E-state index contributed by atoms with van der Waals surface area (Å²) < 4.78 is 31.1. The first kappa shape index (κ1) is 20.0. The van der Waals surface area contributed by atoms with Crippen LogP contribution in [0.5, 0.6) is 5.75 Å². The van der Waals surface area contributed by atoms with Gasteiger partial charge in [-0.15, -0.1) is 5.10 Å². The fourth-order valence-corrected chi connectivity index (χ4v) is 5.18. The van der Waals surface area contributed by atoms with Gasteiger partial charge >= 0.3 is 0 Å². The van der Waals surface area contributed by atoms with Crippen molar-refractivity contribution in [3.63, 3.8) is 0 Å². The fourth-order valence-electron chi connectivity index (χ4n) is 3.45. The smallest absolute Gasteiger partial charge is 0.261 e. The molecule has 156 valence electrons. The third-order valence-electron chi connectivity index (χ3n) is 4.96. The molecule has 0 N–H and O–H groups in total. The van der Waals surface area contributed by atoms with Crippen LogP contribution in [0.15, 0.2) is 60.9 Å². The van der Waals surface area contributed by atoms with Crippen LogP contribution in [0.4, 0.5) is 0 Å². The first-order chi connectivity index (χ1) is 14.5. The first-order valence-electron chi connectivity index (χ1n) is 9.50. The Morgan fingerprint density at radius 2 is 2.00 bits per heavy atom. The molecule has 10 heteroatoms. The van der Waals surface area contributed by atoms with Gasteiger partial charge in [0.2, 0.25) is 0 Å². The van der Waals surface area contributed by atoms with E-state index in [4.69, 9.17) is 4.74 Å². The summed E-state index contributed by atoms with van der Waals surface area (Å²) in [6.07, 6.45) is 1.90. The molecule has 0 spiro atoms. The number of tetrazole rings is 1. The Kier molecular flexibility index (Phi) is 5.75. The van der Waals surface area contributed by atoms with Crippen LogP contribution in [0, 0.1) is 0 Å². The van der Waals surface area contributed by atoms with Gasteiger partial charge in [0.1, 0.15) is 12.1 Å². The Hall–Kier alpha value is -3.27. The van der Waals surface area contributed by atoms with Gasteiger partial charge in [-0.25, -0.2) is 13.1 Å². The molecule has 3 aromatic rings. The molecular weight excluding hydrogens is 406 g/mol. The summed E-state index contributed by atoms with van der Waals surface area (Å²) in [7, 11) is -3.12. The molecule has 1 amide bonds. The zero-order valence-corrected chi connectivity index (χ0v) is 17.0. The molecule has 30 heavy (non-hydrogen) atoms. The first-order valence-corrected chi connectivity index (χ1v) is 11.3. The number of nitrogens with zero attached hydrogens (tertiary/aromatic N) is 5. The highest BCUT2D eigenvalue weighted by Gasteiger charge is 2.34. The van der Waals surface area contributed by atoms with Gasteiger partial charge in [-0.1, -0.05) is 36.4 Å². The maximum atomic E-state index is 13.0. The van der Waals surface area contributed by atoms with E-state index in [2.05, 4.69) is 15.5 Å². The molecule has 1 saturated heterocycles. The molecule has 0 saturated carbocycles. The molecule has 1 aliphatic rings. The minimum atomic E-state index is -3.12. The van der Waals surface area contributed by atoms with Gasteiger partial charge in [-0.05, 0) is 34.5 Å². The molecule has 0 unspecified atom stereocenters. The average Bonchev–Trinajstić information content (AvgIpc) is 3.41. The quantitative estimate of drug-likeness (QED) is 0.559. The normalized spacial score (nSPS) is 17.5. The number of benzene rings is 2. The summed E-state index contributed by atoms with van der Waals surface area (Å²) in [5, 5.41) is 11.0. The minimum absolute atomic E-state index is 0.0135. The van der Waals surface area contributed by atoms with E-state index in [0.717, 1.165) is 5.56 Å². The van der Waals surface area contributed by atoms with Crippen molar-refractivity contribution >= 4 is 15.7 Å². The largest absolute Gasteiger partial charge is 0.484 e. The molecule has 1 atom stereocenters. The molecule has 1 aliphatic heterocycles. The predicted octanol–water partition coefficient (Wildman–Crippen LogP) is 1.26. The maximum absolute atomic E-state index is 13.0. The monoisotopic (exact) mass is 427 g/mol. The summed E-state index contributed by atoms with van der Waals surface area (Å²) in [5.74, 6) is 0.328. The summed E-state index contributed by atoms with van der Waals surface area (Å²) >= 11 is 0. The van der Waals surface area contributed by atoms with Crippen molar-refractivity contribution in [1.82, 2.24) is 25.1 Å². The number of hydrogen-bond donors (Lipinski definition) is 0. The number of carbonyl (C=O) groups is 1. The zero-order chi connectivity index (χ0) is 21.0. The lowest BCUT2D eigenvalue weighted by Crippen LogP contribution is -2.43. The molecular formula is C20H21N5O4S. The van der Waals surface area contributed by atoms with Crippen LogP contribution in [0.2, 0.25) is 0 Å². The third kappa shape index (κ3) is 4.82. The van der Waals surface area contributed by atoms with Gasteiger partial charge in [-0.3, -0.25) is 4.79 Å². The van der Waals surface area contributed by atoms with Gasteiger partial charge in [0.25, 0.3) is 5.91 Å². The van der Waals surface area contributed by atoms with Crippen LogP contribution in [0.25, 0.3) is 5.69 Å². The van der Waals surface area contributed by atoms with Crippen molar-refractivity contribution in [1.29, 1.82) is 0 Å². The van der Waals surface area contributed by atoms with E-state index >= 15 is 0 Å². The van der Waals surface area contributed by atoms with Crippen LogP contribution >= 0.6 is 0 Å². The highest BCUT2D eigenvalue weighted by molar-refractivity contribution is 7.91. The van der Waals surface area contributed by atoms with Gasteiger partial charge in [0.05, 0.1) is 17.2 Å². The topological polar surface area (TPSA) is 107 Å². The Bertz CT molecular complexity index is 1100. The van der Waals surface area contributed by atoms with E-state index in [1.165, 1.54) is 11.0 Å². The van der Waals surface area contributed by atoms with Gasteiger partial charge < -0.3 is 9.64 Å². The molecule has 1 aromatic heterocycles. The number of rotatable bonds is 7. The molecule has 0 aliphatic carbocycles. The van der Waals surface area contributed by atoms with Gasteiger partial charge in [-0.2, -0.15) is 0 Å². The van der Waals surface area contributed by atoms with Crippen molar-refractivity contribution in [3.8, 4) is 11.4 Å². The number of ether oxygens (including phenoxy) is 1. The van der Waals surface area contributed by atoms with Crippen molar-refractivity contribution in [3.05, 3.63) is 66.5 Å². The summed E-state index contributed by atoms with van der Waals surface area (Å²) in [4.78, 5) is 14.6. The van der Waals surface area contributed by atoms with E-state index in [0.29, 0.717) is 24.4 Å². The summed E-state index contributed by atoms with van der Waals surface area (Å²) in [5.41, 5.74) is 1.64. The van der Waals surface area contributed by atoms with Crippen LogP contribution in [-0.2, 0) is 21.2 Å². The highest BCUT2D eigenvalue weighted by Crippen LogP contribution is 2.21. The molecule has 0 bridgehead atoms. The van der Waals surface area contributed by atoms with E-state index in [9.17, 15) is 13.2 Å². The van der Waals surface area contributed by atoms with E-state index in [1.807, 2.05) is 36.4 Å². The Labute approximate surface area is 174 Å². The van der Waals surface area contributed by atoms with Crippen LogP contribution in [0.1, 0.15) is 12.0 Å². The van der Waals surface area contributed by atoms with Crippen molar-refractivity contribution in [2.45, 2.75) is 19.0 Å². The van der Waals surface area contributed by atoms with Crippen LogP contribution in [-0.4, -0.2) is 63.6 Å². The highest BCUT2D eigenvalue weighted by atomic mass is 32.2. The minimum Gasteiger partial charge on any atom is -0.484 e. The Balaban J connectivity index is 1.47. The number of hydrogen-bond acceptors (Lipinski definition) is 7. The molecule has 1 fully saturated rings. The fraction of sp³-hybridized carbons (Fsp3) is 0.300. The second kappa shape index (κ2) is 8.62. The lowest BCUT2D eigenvalue weighted by molar-refractivity contribution is -0.136. The number of sulfone groups is 1. The lowest BCUT2D eigenvalue weighted by Gasteiger charge is -2.28. The Morgan fingerprint density at radius 1 is 1.17 bits per heavy atom. The second-order valence-electron chi connectivity index (χ2n) is 7.10. The van der Waals surface area contributed by atoms with E-state index in [1.54, 1.807) is 23.1 Å². The van der Waals surface area contributed by atoms with Crippen molar-refractivity contribution in [2.75, 3.05) is 18.1 Å². The van der Waals surface area contributed by atoms with E-state index in [-0.39, 0.29) is 30.1 Å². The molecule has 9 nitrogen and oxygen atoms in total. The maximum Gasteiger partial charge on any atom is 0.261 e. The second-order valence-corrected chi connectivity index (χ2v) is 9.33. The van der Waals surface area contributed by atoms with Gasteiger partial charge in [0.15, 0.2) is 16.4 Å². The van der Waals surface area contributed by atoms with Crippen molar-refractivity contribution in [2.24, 2.45) is 0 Å². The average molecular weight is 427 g/mol. The van der Waals surface area contributed by atoms with Crippen LogP contribution < -0.4 is 4.74 Å². The van der Waals surface area contributed by atoms with E-state index < -0.39 is 9.84 Å². The Morgan fingerprint density at radius 3 is 2.70 bits per heavy atom. The molecule has 4 rings (SSSR count).